The largest absolute Gasteiger partial charge is 0.357 e. The minimum Gasteiger partial charge on any atom is -0.357 e. The van der Waals surface area contributed by atoms with Crippen molar-refractivity contribution in [3.05, 3.63) is 35.4 Å². The summed E-state index contributed by atoms with van der Waals surface area (Å²) < 4.78 is 0. The Kier molecular flexibility index (Phi) is 9.10. The van der Waals surface area contributed by atoms with Crippen LogP contribution in [0, 0.1) is 0 Å². The molecule has 1 saturated carbocycles. The van der Waals surface area contributed by atoms with Crippen molar-refractivity contribution in [3.8, 4) is 0 Å². The Bertz CT molecular complexity index is 536. The Balaban J connectivity index is 0.00000288. The molecule has 1 aliphatic carbocycles. The molecule has 0 heterocycles. The molecule has 1 aliphatic rings. The Labute approximate surface area is 162 Å². The van der Waals surface area contributed by atoms with Crippen molar-refractivity contribution >= 4 is 35.8 Å². The summed E-state index contributed by atoms with van der Waals surface area (Å²) in [5.74, 6) is 0.965. The van der Waals surface area contributed by atoms with Crippen molar-refractivity contribution in [3.63, 3.8) is 0 Å². The number of carbonyl (C=O) groups excluding carboxylic acids is 1. The van der Waals surface area contributed by atoms with Crippen LogP contribution in [0.15, 0.2) is 29.3 Å². The van der Waals surface area contributed by atoms with Gasteiger partial charge in [0.05, 0.1) is 6.54 Å². The molecule has 1 aromatic rings. The highest BCUT2D eigenvalue weighted by Crippen LogP contribution is 2.18. The molecule has 6 heteroatoms. The quantitative estimate of drug-likeness (QED) is 0.386. The van der Waals surface area contributed by atoms with Crippen molar-refractivity contribution in [2.24, 2.45) is 4.99 Å². The molecular formula is C18H29IN4O. The number of aliphatic imine (C=N–C) groups is 1. The van der Waals surface area contributed by atoms with Crippen molar-refractivity contribution in [1.29, 1.82) is 0 Å². The van der Waals surface area contributed by atoms with E-state index in [9.17, 15) is 4.79 Å². The zero-order valence-electron chi connectivity index (χ0n) is 14.8. The molecule has 1 amide bonds. The van der Waals surface area contributed by atoms with Gasteiger partial charge in [0, 0.05) is 31.2 Å². The number of nitrogens with zero attached hydrogens (tertiary/aromatic N) is 2. The number of amides is 1. The van der Waals surface area contributed by atoms with E-state index in [1.165, 1.54) is 12.8 Å². The van der Waals surface area contributed by atoms with E-state index in [0.29, 0.717) is 12.6 Å². The molecule has 2 N–H and O–H groups in total. The Morgan fingerprint density at radius 3 is 2.29 bits per heavy atom. The predicted octanol–water partition coefficient (Wildman–Crippen LogP) is 3.00. The SMILES string of the molecule is CCNC(=NCc1ccc(C(=O)N(CC)CC)cc1)NC1CC1.I. The zero-order valence-corrected chi connectivity index (χ0v) is 17.2. The van der Waals surface area contributed by atoms with Gasteiger partial charge in [-0.25, -0.2) is 4.99 Å². The van der Waals surface area contributed by atoms with Gasteiger partial charge in [0.25, 0.3) is 5.91 Å². The van der Waals surface area contributed by atoms with Gasteiger partial charge in [-0.3, -0.25) is 4.79 Å². The van der Waals surface area contributed by atoms with Gasteiger partial charge >= 0.3 is 0 Å². The Hall–Kier alpha value is -1.31. The van der Waals surface area contributed by atoms with Crippen molar-refractivity contribution in [1.82, 2.24) is 15.5 Å². The van der Waals surface area contributed by atoms with Crippen LogP contribution in [0.4, 0.5) is 0 Å². The zero-order chi connectivity index (χ0) is 16.7. The smallest absolute Gasteiger partial charge is 0.253 e. The number of carbonyl (C=O) groups is 1. The van der Waals surface area contributed by atoms with Crippen LogP contribution in [0.3, 0.4) is 0 Å². The fourth-order valence-electron chi connectivity index (χ4n) is 2.36. The molecule has 0 aliphatic heterocycles. The van der Waals surface area contributed by atoms with Gasteiger partial charge in [-0.05, 0) is 51.3 Å². The van der Waals surface area contributed by atoms with Crippen molar-refractivity contribution in [2.75, 3.05) is 19.6 Å². The first-order valence-electron chi connectivity index (χ1n) is 8.60. The van der Waals surface area contributed by atoms with Crippen LogP contribution >= 0.6 is 24.0 Å². The fourth-order valence-corrected chi connectivity index (χ4v) is 2.36. The molecule has 134 valence electrons. The molecule has 1 fully saturated rings. The first-order chi connectivity index (χ1) is 11.2. The lowest BCUT2D eigenvalue weighted by atomic mass is 10.1. The fraction of sp³-hybridized carbons (Fsp3) is 0.556. The molecule has 2 rings (SSSR count). The van der Waals surface area contributed by atoms with Crippen molar-refractivity contribution < 1.29 is 4.79 Å². The Morgan fingerprint density at radius 1 is 1.17 bits per heavy atom. The lowest BCUT2D eigenvalue weighted by Crippen LogP contribution is -2.38. The third kappa shape index (κ3) is 6.30. The normalized spacial score (nSPS) is 13.9. The number of hydrogen-bond acceptors (Lipinski definition) is 2. The van der Waals surface area contributed by atoms with E-state index >= 15 is 0 Å². The number of rotatable bonds is 7. The van der Waals surface area contributed by atoms with Crippen LogP contribution in [0.2, 0.25) is 0 Å². The van der Waals surface area contributed by atoms with Crippen LogP contribution in [-0.2, 0) is 6.54 Å². The molecule has 1 aromatic carbocycles. The molecule has 0 atom stereocenters. The standard InChI is InChI=1S/C18H28N4O.HI/c1-4-19-18(21-16-11-12-16)20-13-14-7-9-15(10-8-14)17(23)22(5-2)6-3;/h7-10,16H,4-6,11-13H2,1-3H3,(H2,19,20,21);1H. The van der Waals surface area contributed by atoms with Crippen LogP contribution in [-0.4, -0.2) is 42.4 Å². The molecule has 5 nitrogen and oxygen atoms in total. The van der Waals surface area contributed by atoms with Crippen molar-refractivity contribution in [2.45, 2.75) is 46.2 Å². The van der Waals surface area contributed by atoms with E-state index in [2.05, 4.69) is 22.5 Å². The number of guanidine groups is 1. The average molecular weight is 444 g/mol. The molecule has 0 aromatic heterocycles. The second-order valence-corrected chi connectivity index (χ2v) is 5.79. The minimum atomic E-state index is 0. The number of benzene rings is 1. The monoisotopic (exact) mass is 444 g/mol. The van der Waals surface area contributed by atoms with Crippen LogP contribution < -0.4 is 10.6 Å². The Morgan fingerprint density at radius 2 is 1.79 bits per heavy atom. The summed E-state index contributed by atoms with van der Waals surface area (Å²) in [6.07, 6.45) is 2.46. The van der Waals surface area contributed by atoms with E-state index in [0.717, 1.165) is 36.7 Å². The summed E-state index contributed by atoms with van der Waals surface area (Å²) in [6.45, 7) is 9.01. The molecule has 0 spiro atoms. The number of nitrogens with one attached hydrogen (secondary N) is 2. The third-order valence-corrected chi connectivity index (χ3v) is 3.93. The first kappa shape index (κ1) is 20.7. The summed E-state index contributed by atoms with van der Waals surface area (Å²) in [4.78, 5) is 18.7. The van der Waals surface area contributed by atoms with Gasteiger partial charge in [-0.2, -0.15) is 0 Å². The van der Waals surface area contributed by atoms with Gasteiger partial charge < -0.3 is 15.5 Å². The molecule has 0 saturated heterocycles. The summed E-state index contributed by atoms with van der Waals surface area (Å²) in [6, 6.07) is 8.35. The third-order valence-electron chi connectivity index (χ3n) is 3.93. The minimum absolute atomic E-state index is 0. The average Bonchev–Trinajstić information content (AvgIpc) is 3.38. The first-order valence-corrected chi connectivity index (χ1v) is 8.60. The van der Waals surface area contributed by atoms with Gasteiger partial charge in [0.2, 0.25) is 0 Å². The predicted molar refractivity (Wildman–Crippen MR) is 110 cm³/mol. The van der Waals surface area contributed by atoms with Gasteiger partial charge in [-0.15, -0.1) is 24.0 Å². The highest BCUT2D eigenvalue weighted by molar-refractivity contribution is 14.0. The van der Waals surface area contributed by atoms with E-state index in [1.54, 1.807) is 0 Å². The lowest BCUT2D eigenvalue weighted by molar-refractivity contribution is 0.0773. The van der Waals surface area contributed by atoms with Crippen LogP contribution in [0.25, 0.3) is 0 Å². The highest BCUT2D eigenvalue weighted by Gasteiger charge is 2.22. The topological polar surface area (TPSA) is 56.7 Å². The van der Waals surface area contributed by atoms with Gasteiger partial charge in [-0.1, -0.05) is 12.1 Å². The van der Waals surface area contributed by atoms with E-state index in [4.69, 9.17) is 0 Å². The van der Waals surface area contributed by atoms with Gasteiger partial charge in [0.15, 0.2) is 5.96 Å². The summed E-state index contributed by atoms with van der Waals surface area (Å²) >= 11 is 0. The second kappa shape index (κ2) is 10.5. The van der Waals surface area contributed by atoms with Crippen LogP contribution in [0.5, 0.6) is 0 Å². The maximum atomic E-state index is 12.3. The summed E-state index contributed by atoms with van der Waals surface area (Å²) in [7, 11) is 0. The van der Waals surface area contributed by atoms with E-state index in [1.807, 2.05) is 43.0 Å². The highest BCUT2D eigenvalue weighted by atomic mass is 127. The maximum Gasteiger partial charge on any atom is 0.253 e. The number of halogens is 1. The summed E-state index contributed by atoms with van der Waals surface area (Å²) in [5, 5.41) is 6.66. The molecule has 0 bridgehead atoms. The maximum absolute atomic E-state index is 12.3. The van der Waals surface area contributed by atoms with E-state index in [-0.39, 0.29) is 29.9 Å². The number of hydrogen-bond donors (Lipinski definition) is 2. The van der Waals surface area contributed by atoms with Crippen LogP contribution in [0.1, 0.15) is 49.5 Å². The second-order valence-electron chi connectivity index (χ2n) is 5.79. The van der Waals surface area contributed by atoms with E-state index < -0.39 is 0 Å². The summed E-state index contributed by atoms with van der Waals surface area (Å²) in [5.41, 5.74) is 1.85. The van der Waals surface area contributed by atoms with Gasteiger partial charge in [0.1, 0.15) is 0 Å². The lowest BCUT2D eigenvalue weighted by Gasteiger charge is -2.18. The molecule has 0 radical (unpaired) electrons. The molecular weight excluding hydrogens is 415 g/mol. The molecule has 0 unspecified atom stereocenters. The molecule has 24 heavy (non-hydrogen) atoms.